The molecule has 1 amide bonds. The van der Waals surface area contributed by atoms with Crippen molar-refractivity contribution in [3.63, 3.8) is 0 Å². The molecule has 0 fully saturated rings. The summed E-state index contributed by atoms with van der Waals surface area (Å²) in [4.78, 5) is 26.2. The lowest BCUT2D eigenvalue weighted by Gasteiger charge is -2.13. The van der Waals surface area contributed by atoms with Gasteiger partial charge in [0.25, 0.3) is 5.56 Å². The lowest BCUT2D eigenvalue weighted by Crippen LogP contribution is -2.35. The number of halogens is 1. The van der Waals surface area contributed by atoms with Gasteiger partial charge in [0.2, 0.25) is 5.91 Å². The van der Waals surface area contributed by atoms with Crippen LogP contribution in [0.4, 0.5) is 0 Å². The molecular weight excluding hydrogens is 460 g/mol. The molecule has 7 heteroatoms. The number of carbonyl (C=O) groups is 1. The van der Waals surface area contributed by atoms with E-state index < -0.39 is 0 Å². The zero-order valence-electron chi connectivity index (χ0n) is 19.3. The fraction of sp³-hybridized carbons (Fsp3) is 0.179. The largest absolute Gasteiger partial charge is 0.354 e. The zero-order chi connectivity index (χ0) is 24.4. The van der Waals surface area contributed by atoms with E-state index in [0.29, 0.717) is 23.6 Å². The fourth-order valence-corrected chi connectivity index (χ4v) is 4.53. The molecule has 0 saturated heterocycles. The maximum absolute atomic E-state index is 13.5. The van der Waals surface area contributed by atoms with Gasteiger partial charge in [-0.2, -0.15) is 5.10 Å². The van der Waals surface area contributed by atoms with Crippen molar-refractivity contribution in [3.05, 3.63) is 112 Å². The Morgan fingerprint density at radius 1 is 0.971 bits per heavy atom. The highest BCUT2D eigenvalue weighted by Gasteiger charge is 2.17. The van der Waals surface area contributed by atoms with E-state index >= 15 is 0 Å². The number of nitrogens with zero attached hydrogens (tertiary/aromatic N) is 3. The summed E-state index contributed by atoms with van der Waals surface area (Å²) in [7, 11) is 0. The van der Waals surface area contributed by atoms with Crippen molar-refractivity contribution >= 4 is 39.3 Å². The van der Waals surface area contributed by atoms with Gasteiger partial charge in [-0.1, -0.05) is 79.2 Å². The Morgan fingerprint density at radius 2 is 1.69 bits per heavy atom. The monoisotopic (exact) mass is 484 g/mol. The molecule has 0 radical (unpaired) electrons. The zero-order valence-corrected chi connectivity index (χ0v) is 20.1. The van der Waals surface area contributed by atoms with Gasteiger partial charge in [0.05, 0.1) is 6.20 Å². The number of nitrogens with one attached hydrogen (secondary N) is 1. The van der Waals surface area contributed by atoms with Crippen LogP contribution in [-0.4, -0.2) is 26.8 Å². The first kappa shape index (κ1) is 22.9. The van der Waals surface area contributed by atoms with E-state index in [1.165, 1.54) is 4.68 Å². The minimum Gasteiger partial charge on any atom is -0.354 e. The maximum atomic E-state index is 13.5. The van der Waals surface area contributed by atoms with Gasteiger partial charge in [0, 0.05) is 34.4 Å². The smallest absolute Gasteiger partial charge is 0.291 e. The number of aromatic nitrogens is 3. The minimum atomic E-state index is -0.293. The third kappa shape index (κ3) is 4.70. The van der Waals surface area contributed by atoms with E-state index in [4.69, 9.17) is 11.6 Å². The molecule has 0 aliphatic carbocycles. The third-order valence-electron chi connectivity index (χ3n) is 6.29. The van der Waals surface area contributed by atoms with Crippen molar-refractivity contribution in [2.75, 3.05) is 6.54 Å². The molecular formula is C28H25ClN4O2. The molecule has 1 atom stereocenters. The van der Waals surface area contributed by atoms with Gasteiger partial charge in [-0.15, -0.1) is 0 Å². The number of amides is 1. The van der Waals surface area contributed by atoms with Crippen LogP contribution in [0.25, 0.3) is 21.8 Å². The molecule has 0 aliphatic rings. The number of hydrogen-bond donors (Lipinski definition) is 1. The maximum Gasteiger partial charge on any atom is 0.291 e. The van der Waals surface area contributed by atoms with E-state index in [2.05, 4.69) is 17.3 Å². The van der Waals surface area contributed by atoms with E-state index in [1.807, 2.05) is 83.4 Å². The first-order valence-electron chi connectivity index (χ1n) is 11.5. The highest BCUT2D eigenvalue weighted by Crippen LogP contribution is 2.27. The van der Waals surface area contributed by atoms with Gasteiger partial charge in [-0.05, 0) is 35.2 Å². The Kier molecular flexibility index (Phi) is 6.38. The predicted molar refractivity (Wildman–Crippen MR) is 140 cm³/mol. The molecule has 0 bridgehead atoms. The number of hydrogen-bond acceptors (Lipinski definition) is 3. The van der Waals surface area contributed by atoms with Crippen LogP contribution in [0.2, 0.25) is 5.02 Å². The van der Waals surface area contributed by atoms with E-state index in [-0.39, 0.29) is 23.9 Å². The molecule has 2 aromatic heterocycles. The molecule has 5 rings (SSSR count). The Balaban J connectivity index is 1.44. The van der Waals surface area contributed by atoms with E-state index in [1.54, 1.807) is 6.20 Å². The molecule has 1 N–H and O–H groups in total. The number of rotatable bonds is 7. The fourth-order valence-electron chi connectivity index (χ4n) is 4.40. The van der Waals surface area contributed by atoms with Crippen LogP contribution >= 0.6 is 11.6 Å². The number of carbonyl (C=O) groups excluding carboxylic acids is 1. The van der Waals surface area contributed by atoms with Crippen LogP contribution in [-0.2, 0) is 17.9 Å². The molecule has 35 heavy (non-hydrogen) atoms. The quantitative estimate of drug-likeness (QED) is 0.354. The third-order valence-corrected chi connectivity index (χ3v) is 6.55. The summed E-state index contributed by atoms with van der Waals surface area (Å²) >= 11 is 6.05. The van der Waals surface area contributed by atoms with Gasteiger partial charge < -0.3 is 9.88 Å². The second-order valence-electron chi connectivity index (χ2n) is 8.72. The number of para-hydroxylation sites is 1. The molecule has 6 nitrogen and oxygen atoms in total. The Morgan fingerprint density at radius 3 is 2.46 bits per heavy atom. The van der Waals surface area contributed by atoms with Crippen LogP contribution in [0.1, 0.15) is 24.0 Å². The normalized spacial score (nSPS) is 12.2. The van der Waals surface area contributed by atoms with Gasteiger partial charge in [-0.3, -0.25) is 9.59 Å². The molecule has 0 saturated carbocycles. The van der Waals surface area contributed by atoms with Crippen molar-refractivity contribution < 1.29 is 4.79 Å². The first-order valence-corrected chi connectivity index (χ1v) is 11.9. The Hall–Kier alpha value is -3.90. The van der Waals surface area contributed by atoms with Gasteiger partial charge in [0.15, 0.2) is 0 Å². The molecule has 0 spiro atoms. The number of benzene rings is 3. The summed E-state index contributed by atoms with van der Waals surface area (Å²) in [6.07, 6.45) is 1.68. The molecule has 0 aliphatic heterocycles. The van der Waals surface area contributed by atoms with Gasteiger partial charge >= 0.3 is 0 Å². The van der Waals surface area contributed by atoms with Crippen molar-refractivity contribution in [1.29, 1.82) is 0 Å². The van der Waals surface area contributed by atoms with Gasteiger partial charge in [-0.25, -0.2) is 4.68 Å². The van der Waals surface area contributed by atoms with E-state index in [0.717, 1.165) is 27.4 Å². The molecule has 3 aromatic carbocycles. The van der Waals surface area contributed by atoms with Crippen molar-refractivity contribution in [2.24, 2.45) is 0 Å². The van der Waals surface area contributed by atoms with Gasteiger partial charge in [0.1, 0.15) is 12.1 Å². The minimum absolute atomic E-state index is 0.140. The van der Waals surface area contributed by atoms with Crippen LogP contribution in [0, 0.1) is 0 Å². The summed E-state index contributed by atoms with van der Waals surface area (Å²) < 4.78 is 3.23. The average Bonchev–Trinajstić information content (AvgIpc) is 3.20. The summed E-state index contributed by atoms with van der Waals surface area (Å²) in [5, 5.41) is 9.65. The van der Waals surface area contributed by atoms with E-state index in [9.17, 15) is 9.59 Å². The highest BCUT2D eigenvalue weighted by molar-refractivity contribution is 6.30. The molecule has 176 valence electrons. The standard InChI is InChI=1S/C28H25ClN4O2/c1-19(21-7-3-2-4-8-21)15-30-26(34)18-33-28(35)27-24(16-31-33)23-9-5-6-10-25(23)32(27)17-20-11-13-22(29)14-12-20/h2-14,16,19H,15,17-18H2,1H3,(H,30,34). The van der Waals surface area contributed by atoms with Crippen LogP contribution < -0.4 is 10.9 Å². The number of fused-ring (bicyclic) bond motifs is 3. The molecule has 1 unspecified atom stereocenters. The second-order valence-corrected chi connectivity index (χ2v) is 9.15. The van der Waals surface area contributed by atoms with Crippen LogP contribution in [0.15, 0.2) is 89.9 Å². The summed E-state index contributed by atoms with van der Waals surface area (Å²) in [5.74, 6) is -0.0867. The van der Waals surface area contributed by atoms with Crippen LogP contribution in [0.3, 0.4) is 0 Å². The van der Waals surface area contributed by atoms with Crippen LogP contribution in [0.5, 0.6) is 0 Å². The highest BCUT2D eigenvalue weighted by atomic mass is 35.5. The van der Waals surface area contributed by atoms with Crippen molar-refractivity contribution in [1.82, 2.24) is 19.7 Å². The molecule has 2 heterocycles. The summed E-state index contributed by atoms with van der Waals surface area (Å²) in [6, 6.07) is 25.5. The Bertz CT molecular complexity index is 1560. The lowest BCUT2D eigenvalue weighted by molar-refractivity contribution is -0.121. The predicted octanol–water partition coefficient (Wildman–Crippen LogP) is 4.97. The van der Waals surface area contributed by atoms with Crippen molar-refractivity contribution in [2.45, 2.75) is 25.9 Å². The Labute approximate surface area is 207 Å². The molecule has 5 aromatic rings. The first-order chi connectivity index (χ1) is 17.0. The lowest BCUT2D eigenvalue weighted by atomic mass is 10.0. The summed E-state index contributed by atoms with van der Waals surface area (Å²) in [6.45, 7) is 2.90. The topological polar surface area (TPSA) is 68.9 Å². The average molecular weight is 485 g/mol. The van der Waals surface area contributed by atoms with Crippen molar-refractivity contribution in [3.8, 4) is 0 Å². The summed E-state index contributed by atoms with van der Waals surface area (Å²) in [5.41, 5.74) is 3.35. The second kappa shape index (κ2) is 9.76. The SMILES string of the molecule is CC(CNC(=O)Cn1ncc2c3ccccc3n(Cc3ccc(Cl)cc3)c2c1=O)c1ccccc1.